The highest BCUT2D eigenvalue weighted by Crippen LogP contribution is 2.27. The Morgan fingerprint density at radius 3 is 2.75 bits per heavy atom. The molecule has 0 aliphatic rings. The zero-order chi connectivity index (χ0) is 11.8. The van der Waals surface area contributed by atoms with E-state index in [1.807, 2.05) is 30.3 Å². The molecule has 1 aromatic heterocycles. The van der Waals surface area contributed by atoms with Gasteiger partial charge in [0, 0.05) is 17.6 Å². The van der Waals surface area contributed by atoms with Crippen LogP contribution in [0.3, 0.4) is 0 Å². The second-order valence-electron chi connectivity index (χ2n) is 4.42. The Bertz CT molecular complexity index is 492. The molecule has 0 bridgehead atoms. The lowest BCUT2D eigenvalue weighted by molar-refractivity contribution is -0.121. The first-order chi connectivity index (χ1) is 7.49. The van der Waals surface area contributed by atoms with E-state index < -0.39 is 5.60 Å². The van der Waals surface area contributed by atoms with Crippen molar-refractivity contribution in [3.63, 3.8) is 0 Å². The lowest BCUT2D eigenvalue weighted by Gasteiger charge is -2.20. The van der Waals surface area contributed by atoms with Gasteiger partial charge in [-0.25, -0.2) is 0 Å². The molecule has 0 aliphatic carbocycles. The molecule has 1 atom stereocenters. The predicted octanol–water partition coefficient (Wildman–Crippen LogP) is 2.35. The molecule has 1 heterocycles. The monoisotopic (exact) mass is 217 g/mol. The van der Waals surface area contributed by atoms with Gasteiger partial charge in [-0.1, -0.05) is 18.2 Å². The molecule has 2 aromatic rings. The summed E-state index contributed by atoms with van der Waals surface area (Å²) in [5.41, 5.74) is 0.537. The van der Waals surface area contributed by atoms with Gasteiger partial charge in [-0.05, 0) is 31.4 Å². The van der Waals surface area contributed by atoms with Crippen LogP contribution in [-0.4, -0.2) is 15.9 Å². The number of hydrogen-bond donors (Lipinski definition) is 2. The largest absolute Gasteiger partial charge is 0.383 e. The van der Waals surface area contributed by atoms with Crippen LogP contribution in [0.1, 0.15) is 26.0 Å². The smallest absolute Gasteiger partial charge is 0.133 e. The summed E-state index contributed by atoms with van der Waals surface area (Å²) in [5, 5.41) is 11.2. The topological polar surface area (TPSA) is 53.1 Å². The van der Waals surface area contributed by atoms with E-state index in [4.69, 9.17) is 0 Å². The Morgan fingerprint density at radius 2 is 2.12 bits per heavy atom. The Balaban J connectivity index is 2.43. The molecule has 3 heteroatoms. The number of rotatable bonds is 3. The van der Waals surface area contributed by atoms with Crippen molar-refractivity contribution in [2.75, 3.05) is 0 Å². The van der Waals surface area contributed by atoms with Gasteiger partial charge >= 0.3 is 0 Å². The van der Waals surface area contributed by atoms with E-state index in [1.54, 1.807) is 6.92 Å². The molecule has 3 nitrogen and oxygen atoms in total. The Hall–Kier alpha value is -1.61. The number of ketones is 1. The van der Waals surface area contributed by atoms with Crippen LogP contribution in [0.5, 0.6) is 0 Å². The van der Waals surface area contributed by atoms with Gasteiger partial charge in [0.25, 0.3) is 0 Å². The summed E-state index contributed by atoms with van der Waals surface area (Å²) in [6.07, 6.45) is 0.125. The van der Waals surface area contributed by atoms with Crippen molar-refractivity contribution in [1.29, 1.82) is 0 Å². The van der Waals surface area contributed by atoms with Crippen molar-refractivity contribution < 1.29 is 9.90 Å². The number of fused-ring (bicyclic) bond motifs is 1. The molecule has 0 saturated carbocycles. The maximum absolute atomic E-state index is 11.1. The molecular formula is C13H15NO2. The fourth-order valence-electron chi connectivity index (χ4n) is 1.94. The van der Waals surface area contributed by atoms with Crippen LogP contribution in [0.4, 0.5) is 0 Å². The molecule has 1 aromatic carbocycles. The van der Waals surface area contributed by atoms with E-state index in [2.05, 4.69) is 4.98 Å². The third kappa shape index (κ3) is 1.99. The molecule has 0 aliphatic heterocycles. The standard InChI is InChI=1S/C13H15NO2/c1-9(15)8-13(2,16)12-7-10-5-3-4-6-11(10)14-12/h3-7,14,16H,8H2,1-2H3. The van der Waals surface area contributed by atoms with E-state index >= 15 is 0 Å². The fourth-order valence-corrected chi connectivity index (χ4v) is 1.94. The SMILES string of the molecule is CC(=O)CC(C)(O)c1cc2ccccc2[nH]1. The predicted molar refractivity (Wildman–Crippen MR) is 63.2 cm³/mol. The van der Waals surface area contributed by atoms with Crippen molar-refractivity contribution in [1.82, 2.24) is 4.98 Å². The van der Waals surface area contributed by atoms with Gasteiger partial charge in [-0.15, -0.1) is 0 Å². The highest BCUT2D eigenvalue weighted by Gasteiger charge is 2.26. The number of hydrogen-bond acceptors (Lipinski definition) is 2. The molecular weight excluding hydrogens is 202 g/mol. The van der Waals surface area contributed by atoms with E-state index in [-0.39, 0.29) is 12.2 Å². The average Bonchev–Trinajstić information content (AvgIpc) is 2.59. The number of aromatic amines is 1. The number of nitrogens with one attached hydrogen (secondary N) is 1. The molecule has 1 unspecified atom stereocenters. The lowest BCUT2D eigenvalue weighted by atomic mass is 9.96. The molecule has 0 radical (unpaired) electrons. The number of carbonyl (C=O) groups is 1. The molecule has 2 N–H and O–H groups in total. The average molecular weight is 217 g/mol. The normalized spacial score (nSPS) is 14.9. The fraction of sp³-hybridized carbons (Fsp3) is 0.308. The first kappa shape index (κ1) is 10.9. The molecule has 16 heavy (non-hydrogen) atoms. The molecule has 0 saturated heterocycles. The van der Waals surface area contributed by atoms with Crippen molar-refractivity contribution in [3.05, 3.63) is 36.0 Å². The van der Waals surface area contributed by atoms with E-state index in [9.17, 15) is 9.90 Å². The number of aliphatic hydroxyl groups is 1. The highest BCUT2D eigenvalue weighted by atomic mass is 16.3. The Morgan fingerprint density at radius 1 is 1.44 bits per heavy atom. The number of Topliss-reactive ketones (excluding diaryl/α,β-unsaturated/α-hetero) is 1. The number of carbonyl (C=O) groups excluding carboxylic acids is 1. The molecule has 0 fully saturated rings. The summed E-state index contributed by atoms with van der Waals surface area (Å²) < 4.78 is 0. The maximum Gasteiger partial charge on any atom is 0.133 e. The van der Waals surface area contributed by atoms with Crippen molar-refractivity contribution in [3.8, 4) is 0 Å². The van der Waals surface area contributed by atoms with Gasteiger partial charge in [0.15, 0.2) is 0 Å². The van der Waals surface area contributed by atoms with E-state index in [1.165, 1.54) is 6.92 Å². The molecule has 2 rings (SSSR count). The third-order valence-corrected chi connectivity index (χ3v) is 2.70. The second-order valence-corrected chi connectivity index (χ2v) is 4.42. The quantitative estimate of drug-likeness (QED) is 0.829. The number of para-hydroxylation sites is 1. The van der Waals surface area contributed by atoms with Gasteiger partial charge in [-0.2, -0.15) is 0 Å². The summed E-state index contributed by atoms with van der Waals surface area (Å²) in [6.45, 7) is 3.14. The van der Waals surface area contributed by atoms with Crippen LogP contribution in [0.25, 0.3) is 10.9 Å². The number of benzene rings is 1. The van der Waals surface area contributed by atoms with Gasteiger partial charge in [-0.3, -0.25) is 4.79 Å². The van der Waals surface area contributed by atoms with Crippen LogP contribution >= 0.6 is 0 Å². The minimum absolute atomic E-state index is 0.0244. The first-order valence-corrected chi connectivity index (χ1v) is 5.29. The zero-order valence-electron chi connectivity index (χ0n) is 9.45. The minimum atomic E-state index is -1.12. The van der Waals surface area contributed by atoms with E-state index in [0.29, 0.717) is 5.69 Å². The molecule has 0 amide bonds. The van der Waals surface area contributed by atoms with Crippen LogP contribution < -0.4 is 0 Å². The van der Waals surface area contributed by atoms with Crippen molar-refractivity contribution in [2.45, 2.75) is 25.9 Å². The Kier molecular flexibility index (Phi) is 2.56. The molecule has 84 valence electrons. The molecule has 0 spiro atoms. The van der Waals surface area contributed by atoms with Crippen LogP contribution in [0, 0.1) is 0 Å². The van der Waals surface area contributed by atoms with Gasteiger partial charge < -0.3 is 10.1 Å². The van der Waals surface area contributed by atoms with Crippen LogP contribution in [0.15, 0.2) is 30.3 Å². The summed E-state index contributed by atoms with van der Waals surface area (Å²) in [4.78, 5) is 14.2. The van der Waals surface area contributed by atoms with Crippen molar-refractivity contribution >= 4 is 16.7 Å². The summed E-state index contributed by atoms with van der Waals surface area (Å²) >= 11 is 0. The summed E-state index contributed by atoms with van der Waals surface area (Å²) in [6, 6.07) is 9.68. The third-order valence-electron chi connectivity index (χ3n) is 2.70. The minimum Gasteiger partial charge on any atom is -0.383 e. The first-order valence-electron chi connectivity index (χ1n) is 5.29. The van der Waals surface area contributed by atoms with Crippen LogP contribution in [-0.2, 0) is 10.4 Å². The van der Waals surface area contributed by atoms with Gasteiger partial charge in [0.2, 0.25) is 0 Å². The lowest BCUT2D eigenvalue weighted by Crippen LogP contribution is -2.24. The van der Waals surface area contributed by atoms with Crippen molar-refractivity contribution in [2.24, 2.45) is 0 Å². The van der Waals surface area contributed by atoms with Gasteiger partial charge in [0.05, 0.1) is 0 Å². The summed E-state index contributed by atoms with van der Waals surface area (Å²) in [5.74, 6) is -0.0244. The number of H-pyrrole nitrogens is 1. The zero-order valence-corrected chi connectivity index (χ0v) is 9.45. The summed E-state index contributed by atoms with van der Waals surface area (Å²) in [7, 11) is 0. The Labute approximate surface area is 94.1 Å². The van der Waals surface area contributed by atoms with Gasteiger partial charge in [0.1, 0.15) is 11.4 Å². The highest BCUT2D eigenvalue weighted by molar-refractivity contribution is 5.81. The van der Waals surface area contributed by atoms with E-state index in [0.717, 1.165) is 10.9 Å². The number of aromatic nitrogens is 1. The maximum atomic E-state index is 11.1. The van der Waals surface area contributed by atoms with Crippen LogP contribution in [0.2, 0.25) is 0 Å². The second kappa shape index (κ2) is 3.76.